The van der Waals surface area contributed by atoms with E-state index in [-0.39, 0.29) is 0 Å². The summed E-state index contributed by atoms with van der Waals surface area (Å²) in [5, 5.41) is 0. The third-order valence-corrected chi connectivity index (χ3v) is 19.6. The van der Waals surface area contributed by atoms with Gasteiger partial charge in [0.25, 0.3) is 0 Å². The Morgan fingerprint density at radius 3 is 1.28 bits per heavy atom. The van der Waals surface area contributed by atoms with Crippen LogP contribution in [0.4, 0.5) is 11.4 Å². The van der Waals surface area contributed by atoms with Gasteiger partial charge in [-0.15, -0.1) is 0 Å². The van der Waals surface area contributed by atoms with E-state index in [1.54, 1.807) is 81.8 Å². The average Bonchev–Trinajstić information content (AvgIpc) is 3.81. The SMILES string of the molecule is C1CCC(P(C2CCCC2)C2CCCC2)C1.CCO[CH]=[Ru]([Cl])([Cl])=[C]1N(c2c(C)cc(C)cc2C)CCN1c1c(C)cc(C)cc1C. The first-order chi connectivity index (χ1) is 22.0. The van der Waals surface area contributed by atoms with Gasteiger partial charge in [0.2, 0.25) is 0 Å². The third-order valence-electron chi connectivity index (χ3n) is 10.6. The summed E-state index contributed by atoms with van der Waals surface area (Å²) >= 11 is -3.43. The molecule has 1 aliphatic heterocycles. The molecule has 1 heterocycles. The van der Waals surface area contributed by atoms with E-state index in [0.29, 0.717) is 14.5 Å². The molecule has 0 bridgehead atoms. The fraction of sp³-hybridized carbons (Fsp3) is 0.641. The van der Waals surface area contributed by atoms with Gasteiger partial charge in [-0.25, -0.2) is 0 Å². The molecule has 0 spiro atoms. The van der Waals surface area contributed by atoms with Crippen molar-refractivity contribution in [3.63, 3.8) is 0 Å². The van der Waals surface area contributed by atoms with Crippen LogP contribution in [0.15, 0.2) is 24.3 Å². The molecule has 3 saturated carbocycles. The van der Waals surface area contributed by atoms with Gasteiger partial charge in [-0.05, 0) is 55.5 Å². The average molecular weight is 775 g/mol. The molecule has 4 fully saturated rings. The van der Waals surface area contributed by atoms with Crippen LogP contribution >= 0.6 is 27.3 Å². The standard InChI is InChI=1S/C21H26N2.C15H27P.C3H6O.2ClH.Ru/c1-14-9-16(3)20(17(4)10-14)22-7-8-23(13-22)21-18(5)11-15(2)12-19(21)6;1-2-8-13(7-1)16(14-9-3-4-10-14)15-11-5-6-12-15;1-3-4-2;;;/h9-12H,7-8H2,1-6H3;13-15H,1-12H2;2H,3H2,1H3;2*1H;/q;;;;;+2/p-2. The second kappa shape index (κ2) is 16.4. The summed E-state index contributed by atoms with van der Waals surface area (Å²) in [5.74, 6) is 0. The van der Waals surface area contributed by atoms with Crippen molar-refractivity contribution in [2.24, 2.45) is 0 Å². The number of nitrogens with zero attached hydrogens (tertiary/aromatic N) is 2. The van der Waals surface area contributed by atoms with Gasteiger partial charge >= 0.3 is 192 Å². The first-order valence-corrected chi connectivity index (χ1v) is 25.8. The quantitative estimate of drug-likeness (QED) is 0.206. The predicted octanol–water partition coefficient (Wildman–Crippen LogP) is 11.5. The van der Waals surface area contributed by atoms with Gasteiger partial charge in [-0.2, -0.15) is 0 Å². The van der Waals surface area contributed by atoms with Gasteiger partial charge in [0.05, 0.1) is 0 Å². The molecule has 0 N–H and O–H groups in total. The number of hydrogen-bond acceptors (Lipinski definition) is 3. The van der Waals surface area contributed by atoms with Gasteiger partial charge < -0.3 is 0 Å². The number of anilines is 2. The fourth-order valence-electron chi connectivity index (χ4n) is 9.05. The Kier molecular flexibility index (Phi) is 13.1. The molecule has 258 valence electrons. The monoisotopic (exact) mass is 774 g/mol. The normalized spacial score (nSPS) is 20.3. The van der Waals surface area contributed by atoms with Crippen LogP contribution in [0.3, 0.4) is 0 Å². The van der Waals surface area contributed by atoms with Crippen molar-refractivity contribution in [3.05, 3.63) is 57.6 Å². The van der Waals surface area contributed by atoms with Crippen LogP contribution in [0.5, 0.6) is 0 Å². The van der Waals surface area contributed by atoms with Crippen molar-refractivity contribution in [1.82, 2.24) is 0 Å². The molecule has 0 radical (unpaired) electrons. The van der Waals surface area contributed by atoms with E-state index in [1.807, 2.05) is 6.92 Å². The van der Waals surface area contributed by atoms with Gasteiger partial charge in [0.15, 0.2) is 0 Å². The predicted molar refractivity (Wildman–Crippen MR) is 204 cm³/mol. The zero-order valence-electron chi connectivity index (χ0n) is 29.6. The van der Waals surface area contributed by atoms with Crippen LogP contribution in [0.2, 0.25) is 0 Å². The van der Waals surface area contributed by atoms with Crippen LogP contribution in [-0.2, 0) is 16.6 Å². The Morgan fingerprint density at radius 2 is 0.978 bits per heavy atom. The molecule has 0 unspecified atom stereocenters. The summed E-state index contributed by atoms with van der Waals surface area (Å²) in [7, 11) is 14.7. The Hall–Kier alpha value is -0.627. The molecule has 46 heavy (non-hydrogen) atoms. The molecule has 6 rings (SSSR count). The molecule has 7 heteroatoms. The summed E-state index contributed by atoms with van der Waals surface area (Å²) in [6.45, 7) is 17.1. The van der Waals surface area contributed by atoms with Gasteiger partial charge in [0.1, 0.15) is 0 Å². The van der Waals surface area contributed by atoms with Gasteiger partial charge in [-0.1, -0.05) is 46.4 Å². The Labute approximate surface area is 292 Å². The maximum atomic E-state index is 7.12. The van der Waals surface area contributed by atoms with E-state index in [0.717, 1.165) is 17.4 Å². The molecule has 2 aromatic carbocycles. The minimum absolute atomic E-state index is 0.436. The second-order valence-electron chi connectivity index (χ2n) is 14.3. The Morgan fingerprint density at radius 1 is 0.652 bits per heavy atom. The van der Waals surface area contributed by atoms with Crippen LogP contribution in [0.25, 0.3) is 0 Å². The molecule has 3 nitrogen and oxygen atoms in total. The van der Waals surface area contributed by atoms with E-state index in [1.165, 1.54) is 61.7 Å². The zero-order chi connectivity index (χ0) is 33.0. The second-order valence-corrected chi connectivity index (χ2v) is 26.5. The van der Waals surface area contributed by atoms with Gasteiger partial charge in [-0.3, -0.25) is 0 Å². The van der Waals surface area contributed by atoms with Crippen molar-refractivity contribution < 1.29 is 16.6 Å². The van der Waals surface area contributed by atoms with E-state index in [4.69, 9.17) is 24.1 Å². The summed E-state index contributed by atoms with van der Waals surface area (Å²) in [6, 6.07) is 8.91. The molecule has 2 aromatic rings. The van der Waals surface area contributed by atoms with Crippen molar-refractivity contribution in [3.8, 4) is 0 Å². The molecular weight excluding hydrogens is 715 g/mol. The fourth-order valence-corrected chi connectivity index (χ4v) is 18.8. The van der Waals surface area contributed by atoms with Crippen LogP contribution in [-0.4, -0.2) is 45.8 Å². The number of hydrogen-bond donors (Lipinski definition) is 0. The van der Waals surface area contributed by atoms with Crippen LogP contribution < -0.4 is 9.80 Å². The van der Waals surface area contributed by atoms with E-state index in [2.05, 4.69) is 75.6 Å². The topological polar surface area (TPSA) is 15.7 Å². The molecule has 0 aromatic heterocycles. The Balaban J connectivity index is 0.000000217. The van der Waals surface area contributed by atoms with E-state index < -0.39 is 11.9 Å². The summed E-state index contributed by atoms with van der Waals surface area (Å²) < 4.78 is 6.64. The van der Waals surface area contributed by atoms with E-state index in [9.17, 15) is 0 Å². The summed E-state index contributed by atoms with van der Waals surface area (Å²) in [6.07, 6.45) is 19.0. The molecule has 1 saturated heterocycles. The first kappa shape index (κ1) is 36.6. The molecule has 0 amide bonds. The van der Waals surface area contributed by atoms with Crippen LogP contribution in [0, 0.1) is 41.5 Å². The van der Waals surface area contributed by atoms with Crippen LogP contribution in [0.1, 0.15) is 117 Å². The molecular formula is C39H59Cl2N2OPRu. The minimum atomic E-state index is -3.43. The Bertz CT molecular complexity index is 1320. The summed E-state index contributed by atoms with van der Waals surface area (Å²) in [4.78, 5) is 6.40. The third kappa shape index (κ3) is 8.38. The molecule has 4 aliphatic rings. The number of benzene rings is 2. The summed E-state index contributed by atoms with van der Waals surface area (Å²) in [5.41, 5.74) is 13.5. The first-order valence-electron chi connectivity index (χ1n) is 17.9. The maximum absolute atomic E-state index is 7.12. The number of rotatable bonds is 7. The van der Waals surface area contributed by atoms with Gasteiger partial charge in [0, 0.05) is 0 Å². The number of aryl methyl sites for hydroxylation is 6. The van der Waals surface area contributed by atoms with Crippen molar-refractivity contribution in [2.45, 2.75) is 142 Å². The zero-order valence-corrected chi connectivity index (χ0v) is 33.7. The number of ether oxygens (including phenoxy) is 1. The molecule has 0 atom stereocenters. The van der Waals surface area contributed by atoms with Crippen molar-refractivity contribution in [1.29, 1.82) is 0 Å². The van der Waals surface area contributed by atoms with Crippen molar-refractivity contribution in [2.75, 3.05) is 29.5 Å². The molecule has 3 aliphatic carbocycles. The number of halogens is 2. The van der Waals surface area contributed by atoms with E-state index >= 15 is 0 Å². The van der Waals surface area contributed by atoms with Crippen molar-refractivity contribution >= 4 is 47.8 Å².